The Bertz CT molecular complexity index is 1250. The summed E-state index contributed by atoms with van der Waals surface area (Å²) in [5.74, 6) is -0.767. The summed E-state index contributed by atoms with van der Waals surface area (Å²) < 4.78 is 40.4. The van der Waals surface area contributed by atoms with Crippen LogP contribution in [-0.4, -0.2) is 58.0 Å². The van der Waals surface area contributed by atoms with Crippen molar-refractivity contribution in [3.63, 3.8) is 0 Å². The lowest BCUT2D eigenvalue weighted by Gasteiger charge is -2.20. The molecular formula is C25H30Cl2F3N5O4. The zero-order chi connectivity index (χ0) is 29.8. The lowest BCUT2D eigenvalue weighted by atomic mass is 10.1. The summed E-state index contributed by atoms with van der Waals surface area (Å²) in [6.45, 7) is 4.66. The van der Waals surface area contributed by atoms with Crippen molar-refractivity contribution in [3.8, 4) is 11.4 Å². The fourth-order valence-corrected chi connectivity index (χ4v) is 3.77. The van der Waals surface area contributed by atoms with Gasteiger partial charge in [0.1, 0.15) is 13.3 Å². The number of amides is 1. The predicted molar refractivity (Wildman–Crippen MR) is 144 cm³/mol. The number of hydrogen-bond acceptors (Lipinski definition) is 6. The van der Waals surface area contributed by atoms with Crippen LogP contribution >= 0.6 is 23.2 Å². The second-order valence-corrected chi connectivity index (χ2v) is 8.48. The van der Waals surface area contributed by atoms with Gasteiger partial charge in [-0.05, 0) is 42.9 Å². The minimum absolute atomic E-state index is 0.152. The summed E-state index contributed by atoms with van der Waals surface area (Å²) in [7, 11) is 1.69. The Hall–Kier alpha value is -3.19. The van der Waals surface area contributed by atoms with Crippen LogP contribution in [0.3, 0.4) is 0 Å². The molecule has 3 N–H and O–H groups in total. The normalized spacial score (nSPS) is 12.3. The van der Waals surface area contributed by atoms with E-state index in [0.29, 0.717) is 26.7 Å². The Morgan fingerprint density at radius 1 is 1.10 bits per heavy atom. The van der Waals surface area contributed by atoms with Gasteiger partial charge in [-0.25, -0.2) is 9.48 Å². The minimum Gasteiger partial charge on any atom is -0.382 e. The van der Waals surface area contributed by atoms with Gasteiger partial charge in [-0.15, -0.1) is 5.10 Å². The quantitative estimate of drug-likeness (QED) is 0.348. The molecule has 1 amide bonds. The molecule has 0 radical (unpaired) electrons. The molecule has 0 aliphatic heterocycles. The van der Waals surface area contributed by atoms with Crippen LogP contribution in [0, 0.1) is 0 Å². The lowest BCUT2D eigenvalue weighted by molar-refractivity contribution is -0.207. The van der Waals surface area contributed by atoms with Crippen molar-refractivity contribution in [3.05, 3.63) is 74.6 Å². The average Bonchev–Trinajstić information content (AvgIpc) is 3.21. The predicted octanol–water partition coefficient (Wildman–Crippen LogP) is 3.86. The van der Waals surface area contributed by atoms with Crippen LogP contribution in [0.5, 0.6) is 0 Å². The third-order valence-corrected chi connectivity index (χ3v) is 5.67. The van der Waals surface area contributed by atoms with E-state index in [1.54, 1.807) is 31.3 Å². The smallest absolute Gasteiger partial charge is 0.382 e. The van der Waals surface area contributed by atoms with Gasteiger partial charge in [0.25, 0.3) is 0 Å². The molecule has 0 spiro atoms. The van der Waals surface area contributed by atoms with E-state index in [1.165, 1.54) is 24.3 Å². The van der Waals surface area contributed by atoms with E-state index < -0.39 is 43.0 Å². The van der Waals surface area contributed by atoms with Crippen LogP contribution in [0.4, 0.5) is 13.2 Å². The second kappa shape index (κ2) is 16.0. The third-order valence-electron chi connectivity index (χ3n) is 5.08. The highest BCUT2D eigenvalue weighted by Crippen LogP contribution is 2.24. The third kappa shape index (κ3) is 9.50. The summed E-state index contributed by atoms with van der Waals surface area (Å²) in [5.41, 5.74) is -0.0645. The highest BCUT2D eigenvalue weighted by Gasteiger charge is 2.39. The fraction of sp³-hybridized carbons (Fsp3) is 0.360. The molecule has 0 bridgehead atoms. The van der Waals surface area contributed by atoms with E-state index in [0.717, 1.165) is 4.68 Å². The molecule has 214 valence electrons. The molecule has 0 fully saturated rings. The van der Waals surface area contributed by atoms with Gasteiger partial charge in [0.15, 0.2) is 11.9 Å². The van der Waals surface area contributed by atoms with E-state index in [-0.39, 0.29) is 11.4 Å². The molecule has 1 aromatic heterocycles. The van der Waals surface area contributed by atoms with E-state index in [9.17, 15) is 27.9 Å². The zero-order valence-electron chi connectivity index (χ0n) is 21.5. The van der Waals surface area contributed by atoms with Crippen molar-refractivity contribution in [2.45, 2.75) is 45.3 Å². The molecule has 1 heterocycles. The van der Waals surface area contributed by atoms with Gasteiger partial charge < -0.3 is 20.5 Å². The number of hydrogen-bond donors (Lipinski definition) is 3. The number of aliphatic hydroxyl groups excluding tert-OH is 1. The first-order chi connectivity index (χ1) is 18.5. The molecule has 2 atom stereocenters. The fourth-order valence-electron chi connectivity index (χ4n) is 3.37. The molecule has 3 aromatic rings. The zero-order valence-corrected chi connectivity index (χ0v) is 23.0. The largest absolute Gasteiger partial charge is 0.416 e. The van der Waals surface area contributed by atoms with Crippen LogP contribution in [0.15, 0.2) is 53.3 Å². The van der Waals surface area contributed by atoms with Crippen molar-refractivity contribution in [2.75, 3.05) is 13.6 Å². The van der Waals surface area contributed by atoms with Gasteiger partial charge in [-0.1, -0.05) is 55.2 Å². The van der Waals surface area contributed by atoms with Gasteiger partial charge in [-0.2, -0.15) is 13.2 Å². The summed E-state index contributed by atoms with van der Waals surface area (Å²) in [5, 5.41) is 20.1. The number of rotatable bonds is 9. The molecule has 0 saturated heterocycles. The summed E-state index contributed by atoms with van der Waals surface area (Å²) in [6, 6.07) is 12.2. The number of likely N-dealkylation sites (N-methyl/N-ethyl adjacent to an activating group) is 1. The van der Waals surface area contributed by atoms with Crippen molar-refractivity contribution >= 4 is 35.9 Å². The average molecular weight is 592 g/mol. The number of aliphatic hydroxyl groups is 1. The first-order valence-electron chi connectivity index (χ1n) is 11.7. The van der Waals surface area contributed by atoms with Gasteiger partial charge in [0.05, 0.1) is 12.6 Å². The SMILES string of the molecule is C=O.CC.CNCC(NC(=O)Cn1nc(-c2ccc(Cl)cc2)n(CC(O)C(F)(F)F)c1=O)c1ccccc1Cl. The summed E-state index contributed by atoms with van der Waals surface area (Å²) in [6.07, 6.45) is -7.76. The number of alkyl halides is 3. The Balaban J connectivity index is 0.00000181. The molecule has 9 nitrogen and oxygen atoms in total. The molecule has 0 saturated carbocycles. The Labute approximate surface area is 233 Å². The van der Waals surface area contributed by atoms with Gasteiger partial charge in [0.2, 0.25) is 5.91 Å². The first-order valence-corrected chi connectivity index (χ1v) is 12.4. The van der Waals surface area contributed by atoms with E-state index >= 15 is 0 Å². The molecule has 14 heteroatoms. The van der Waals surface area contributed by atoms with Crippen molar-refractivity contribution in [1.29, 1.82) is 0 Å². The molecule has 3 rings (SSSR count). The molecule has 0 aliphatic rings. The van der Waals surface area contributed by atoms with Gasteiger partial charge >= 0.3 is 11.9 Å². The number of nitrogens with zero attached hydrogens (tertiary/aromatic N) is 3. The van der Waals surface area contributed by atoms with E-state index in [2.05, 4.69) is 15.7 Å². The number of benzene rings is 2. The second-order valence-electron chi connectivity index (χ2n) is 7.64. The van der Waals surface area contributed by atoms with E-state index in [1.807, 2.05) is 20.6 Å². The standard InChI is InChI=1S/C22H22Cl2F3N5O3.C2H6.CH2O/c1-28-10-17(15-4-2-3-5-16(15)24)29-19(34)12-32-21(35)31(11-18(33)22(25,26)27)20(30-32)13-6-8-14(23)9-7-13;2*1-2/h2-9,17-18,28,33H,10-12H2,1H3,(H,29,34);1-2H3;1H2. The molecule has 39 heavy (non-hydrogen) atoms. The maximum atomic E-state index is 13.0. The Kier molecular flexibility index (Phi) is 13.9. The highest BCUT2D eigenvalue weighted by atomic mass is 35.5. The Morgan fingerprint density at radius 2 is 1.69 bits per heavy atom. The van der Waals surface area contributed by atoms with Crippen molar-refractivity contribution < 1.29 is 27.9 Å². The van der Waals surface area contributed by atoms with Crippen LogP contribution < -0.4 is 16.3 Å². The number of carbonyl (C=O) groups is 2. The van der Waals surface area contributed by atoms with E-state index in [4.69, 9.17) is 28.0 Å². The number of nitrogens with one attached hydrogen (secondary N) is 2. The molecule has 2 unspecified atom stereocenters. The van der Waals surface area contributed by atoms with Crippen LogP contribution in [0.1, 0.15) is 25.5 Å². The monoisotopic (exact) mass is 591 g/mol. The maximum Gasteiger partial charge on any atom is 0.416 e. The van der Waals surface area contributed by atoms with Crippen molar-refractivity contribution in [1.82, 2.24) is 25.0 Å². The lowest BCUT2D eigenvalue weighted by Crippen LogP contribution is -2.40. The van der Waals surface area contributed by atoms with Crippen molar-refractivity contribution in [2.24, 2.45) is 0 Å². The summed E-state index contributed by atoms with van der Waals surface area (Å²) >= 11 is 12.1. The maximum absolute atomic E-state index is 13.0. The van der Waals surface area contributed by atoms with Crippen LogP contribution in [0.25, 0.3) is 11.4 Å². The Morgan fingerprint density at radius 3 is 2.23 bits per heavy atom. The molecule has 0 aliphatic carbocycles. The topological polar surface area (TPSA) is 118 Å². The number of halogens is 5. The summed E-state index contributed by atoms with van der Waals surface area (Å²) in [4.78, 5) is 33.7. The highest BCUT2D eigenvalue weighted by molar-refractivity contribution is 6.31. The first kappa shape index (κ1) is 33.8. The molecular weight excluding hydrogens is 562 g/mol. The number of aromatic nitrogens is 3. The van der Waals surface area contributed by atoms with Crippen LogP contribution in [-0.2, 0) is 22.7 Å². The van der Waals surface area contributed by atoms with Gasteiger partial charge in [-0.3, -0.25) is 9.36 Å². The van der Waals surface area contributed by atoms with Gasteiger partial charge in [0, 0.05) is 22.2 Å². The minimum atomic E-state index is -4.95. The van der Waals surface area contributed by atoms with Crippen LogP contribution in [0.2, 0.25) is 10.0 Å². The molecule has 2 aromatic carbocycles. The number of carbonyl (C=O) groups excluding carboxylic acids is 2.